The summed E-state index contributed by atoms with van der Waals surface area (Å²) in [5.74, 6) is 1.55. The third-order valence-electron chi connectivity index (χ3n) is 4.46. The van der Waals surface area contributed by atoms with Crippen molar-refractivity contribution in [3.05, 3.63) is 66.5 Å². The van der Waals surface area contributed by atoms with Crippen LogP contribution in [-0.2, 0) is 9.84 Å². The van der Waals surface area contributed by atoms with Gasteiger partial charge in [-0.05, 0) is 30.7 Å². The van der Waals surface area contributed by atoms with E-state index < -0.39 is 9.84 Å². The third kappa shape index (κ3) is 4.45. The highest BCUT2D eigenvalue weighted by molar-refractivity contribution is 7.91. The van der Waals surface area contributed by atoms with Crippen molar-refractivity contribution >= 4 is 27.2 Å². The first kappa shape index (κ1) is 18.4. The summed E-state index contributed by atoms with van der Waals surface area (Å²) in [6, 6.07) is 17.0. The van der Waals surface area contributed by atoms with Crippen LogP contribution in [0, 0.1) is 5.82 Å². The SMILES string of the molecule is O=S1(=O)CCC(Nc2cc(Nc3ccc(F)cc3)nc(-c3ccccc3)n2)C1. The lowest BCUT2D eigenvalue weighted by Crippen LogP contribution is -2.21. The molecule has 28 heavy (non-hydrogen) atoms. The summed E-state index contributed by atoms with van der Waals surface area (Å²) in [4.78, 5) is 9.10. The minimum atomic E-state index is -3.00. The summed E-state index contributed by atoms with van der Waals surface area (Å²) in [7, 11) is -3.00. The second-order valence-electron chi connectivity index (χ2n) is 6.70. The van der Waals surface area contributed by atoms with Gasteiger partial charge in [0.1, 0.15) is 17.5 Å². The van der Waals surface area contributed by atoms with Crippen LogP contribution in [0.2, 0.25) is 0 Å². The molecule has 1 fully saturated rings. The molecule has 0 bridgehead atoms. The predicted molar refractivity (Wildman–Crippen MR) is 108 cm³/mol. The maximum Gasteiger partial charge on any atom is 0.163 e. The molecule has 6 nitrogen and oxygen atoms in total. The molecule has 0 aliphatic carbocycles. The van der Waals surface area contributed by atoms with Gasteiger partial charge in [0.2, 0.25) is 0 Å². The van der Waals surface area contributed by atoms with Crippen LogP contribution in [0.1, 0.15) is 6.42 Å². The van der Waals surface area contributed by atoms with Gasteiger partial charge in [0, 0.05) is 23.4 Å². The molecular formula is C20H19FN4O2S. The number of hydrogen-bond acceptors (Lipinski definition) is 6. The third-order valence-corrected chi connectivity index (χ3v) is 6.23. The van der Waals surface area contributed by atoms with Crippen LogP contribution < -0.4 is 10.6 Å². The molecule has 1 atom stereocenters. The Bertz CT molecular complexity index is 1070. The number of halogens is 1. The number of sulfone groups is 1. The molecule has 1 aliphatic rings. The van der Waals surface area contributed by atoms with Crippen LogP contribution in [-0.4, -0.2) is 35.9 Å². The second-order valence-corrected chi connectivity index (χ2v) is 8.93. The lowest BCUT2D eigenvalue weighted by atomic mass is 10.2. The molecule has 1 unspecified atom stereocenters. The summed E-state index contributed by atoms with van der Waals surface area (Å²) in [5, 5.41) is 6.36. The molecule has 0 amide bonds. The Balaban J connectivity index is 1.65. The summed E-state index contributed by atoms with van der Waals surface area (Å²) < 4.78 is 36.6. The van der Waals surface area contributed by atoms with Gasteiger partial charge in [0.15, 0.2) is 15.7 Å². The minimum absolute atomic E-state index is 0.0956. The number of anilines is 3. The van der Waals surface area contributed by atoms with Gasteiger partial charge in [0.05, 0.1) is 11.5 Å². The number of rotatable bonds is 5. The fourth-order valence-corrected chi connectivity index (χ4v) is 4.77. The second kappa shape index (κ2) is 7.55. The maximum absolute atomic E-state index is 13.2. The van der Waals surface area contributed by atoms with E-state index in [0.29, 0.717) is 29.6 Å². The monoisotopic (exact) mass is 398 g/mol. The lowest BCUT2D eigenvalue weighted by Gasteiger charge is -2.15. The molecule has 3 aromatic rings. The van der Waals surface area contributed by atoms with Gasteiger partial charge in [0.25, 0.3) is 0 Å². The highest BCUT2D eigenvalue weighted by Gasteiger charge is 2.28. The summed E-state index contributed by atoms with van der Waals surface area (Å²) >= 11 is 0. The fourth-order valence-electron chi connectivity index (χ4n) is 3.10. The average molecular weight is 398 g/mol. The van der Waals surface area contributed by atoms with Gasteiger partial charge in [-0.1, -0.05) is 30.3 Å². The van der Waals surface area contributed by atoms with E-state index in [2.05, 4.69) is 20.6 Å². The van der Waals surface area contributed by atoms with E-state index >= 15 is 0 Å². The number of hydrogen-bond donors (Lipinski definition) is 2. The lowest BCUT2D eigenvalue weighted by molar-refractivity contribution is 0.602. The van der Waals surface area contributed by atoms with Crippen LogP contribution >= 0.6 is 0 Å². The molecular weight excluding hydrogens is 379 g/mol. The van der Waals surface area contributed by atoms with E-state index in [-0.39, 0.29) is 23.4 Å². The molecule has 2 N–H and O–H groups in total. The van der Waals surface area contributed by atoms with Crippen molar-refractivity contribution in [3.63, 3.8) is 0 Å². The predicted octanol–water partition coefficient (Wildman–Crippen LogP) is 3.63. The van der Waals surface area contributed by atoms with Crippen molar-refractivity contribution < 1.29 is 12.8 Å². The van der Waals surface area contributed by atoms with Crippen molar-refractivity contribution in [1.82, 2.24) is 9.97 Å². The topological polar surface area (TPSA) is 84.0 Å². The fraction of sp³-hybridized carbons (Fsp3) is 0.200. The Hall–Kier alpha value is -3.00. The summed E-state index contributed by atoms with van der Waals surface area (Å²) in [5.41, 5.74) is 1.53. The largest absolute Gasteiger partial charge is 0.366 e. The Kier molecular flexibility index (Phi) is 4.95. The smallest absolute Gasteiger partial charge is 0.163 e. The van der Waals surface area contributed by atoms with E-state index in [1.807, 2.05) is 30.3 Å². The van der Waals surface area contributed by atoms with E-state index in [4.69, 9.17) is 0 Å². The van der Waals surface area contributed by atoms with Gasteiger partial charge in [-0.2, -0.15) is 0 Å². The van der Waals surface area contributed by atoms with Crippen molar-refractivity contribution in [1.29, 1.82) is 0 Å². The van der Waals surface area contributed by atoms with Crippen LogP contribution in [0.4, 0.5) is 21.7 Å². The number of nitrogens with zero attached hydrogens (tertiary/aromatic N) is 2. The highest BCUT2D eigenvalue weighted by atomic mass is 32.2. The number of aromatic nitrogens is 2. The zero-order valence-electron chi connectivity index (χ0n) is 15.0. The molecule has 8 heteroatoms. The first-order chi connectivity index (χ1) is 13.5. The Morgan fingerprint density at radius 3 is 2.36 bits per heavy atom. The van der Waals surface area contributed by atoms with Crippen molar-refractivity contribution in [2.24, 2.45) is 0 Å². The number of benzene rings is 2. The van der Waals surface area contributed by atoms with E-state index in [1.54, 1.807) is 18.2 Å². The summed E-state index contributed by atoms with van der Waals surface area (Å²) in [6.07, 6.45) is 0.549. The number of nitrogens with one attached hydrogen (secondary N) is 2. The molecule has 144 valence electrons. The quantitative estimate of drug-likeness (QED) is 0.683. The van der Waals surface area contributed by atoms with Crippen LogP contribution in [0.15, 0.2) is 60.7 Å². The zero-order valence-corrected chi connectivity index (χ0v) is 15.8. The molecule has 0 spiro atoms. The van der Waals surface area contributed by atoms with Crippen molar-refractivity contribution in [2.75, 3.05) is 22.1 Å². The molecule has 4 rings (SSSR count). The van der Waals surface area contributed by atoms with Crippen LogP contribution in [0.3, 0.4) is 0 Å². The van der Waals surface area contributed by atoms with Crippen LogP contribution in [0.5, 0.6) is 0 Å². The van der Waals surface area contributed by atoms with Crippen molar-refractivity contribution in [3.8, 4) is 11.4 Å². The minimum Gasteiger partial charge on any atom is -0.366 e. The zero-order chi connectivity index (χ0) is 19.6. The molecule has 0 radical (unpaired) electrons. The van der Waals surface area contributed by atoms with Gasteiger partial charge in [-0.3, -0.25) is 0 Å². The Morgan fingerprint density at radius 2 is 1.68 bits per heavy atom. The van der Waals surface area contributed by atoms with Gasteiger partial charge >= 0.3 is 0 Å². The van der Waals surface area contributed by atoms with Crippen molar-refractivity contribution in [2.45, 2.75) is 12.5 Å². The highest BCUT2D eigenvalue weighted by Crippen LogP contribution is 2.24. The van der Waals surface area contributed by atoms with Gasteiger partial charge in [-0.25, -0.2) is 22.8 Å². The average Bonchev–Trinajstić information content (AvgIpc) is 3.02. The molecule has 1 aliphatic heterocycles. The maximum atomic E-state index is 13.2. The van der Waals surface area contributed by atoms with Crippen LogP contribution in [0.25, 0.3) is 11.4 Å². The molecule has 1 saturated heterocycles. The Morgan fingerprint density at radius 1 is 0.964 bits per heavy atom. The Labute approximate surface area is 162 Å². The van der Waals surface area contributed by atoms with Gasteiger partial charge in [-0.15, -0.1) is 0 Å². The molecule has 1 aromatic heterocycles. The standard InChI is InChI=1S/C20H19FN4O2S/c21-15-6-8-16(9-7-15)22-18-12-19(23-17-10-11-28(26,27)13-17)25-20(24-18)14-4-2-1-3-5-14/h1-9,12,17H,10-11,13H2,(H2,22,23,24,25). The first-order valence-corrected chi connectivity index (χ1v) is 10.7. The van der Waals surface area contributed by atoms with E-state index in [0.717, 1.165) is 5.56 Å². The van der Waals surface area contributed by atoms with E-state index in [1.165, 1.54) is 12.1 Å². The first-order valence-electron chi connectivity index (χ1n) is 8.91. The summed E-state index contributed by atoms with van der Waals surface area (Å²) in [6.45, 7) is 0. The normalized spacial score (nSPS) is 18.0. The van der Waals surface area contributed by atoms with Gasteiger partial charge < -0.3 is 10.6 Å². The molecule has 2 aromatic carbocycles. The molecule has 0 saturated carbocycles. The van der Waals surface area contributed by atoms with E-state index in [9.17, 15) is 12.8 Å². The molecule has 2 heterocycles.